The number of anilines is 1. The highest BCUT2D eigenvalue weighted by atomic mass is 32.2. The molecular formula is C21H21N3O4S. The van der Waals surface area contributed by atoms with Crippen LogP contribution >= 0.6 is 0 Å². The molecule has 0 aromatic heterocycles. The molecule has 2 heterocycles. The standard InChI is InChI=1S/C21H21N3O4S/c22-14-16-3-1-2-4-20(16)29(27,28)18-5-6-19-15(13-18)7-12-24(19)17-8-10-23(11-9-17)21(25)26/h1-6,13,17H,7-12H2,(H,25,26). The van der Waals surface area contributed by atoms with Crippen molar-refractivity contribution in [2.75, 3.05) is 24.5 Å². The predicted octanol–water partition coefficient (Wildman–Crippen LogP) is 2.90. The summed E-state index contributed by atoms with van der Waals surface area (Å²) in [5.74, 6) is 0. The Morgan fingerprint density at radius 1 is 1.10 bits per heavy atom. The van der Waals surface area contributed by atoms with Gasteiger partial charge in [0.2, 0.25) is 9.84 Å². The van der Waals surface area contributed by atoms with Gasteiger partial charge in [0, 0.05) is 31.4 Å². The SMILES string of the molecule is N#Cc1ccccc1S(=O)(=O)c1ccc2c(c1)CCN2C1CCN(C(=O)O)CC1. The van der Waals surface area contributed by atoms with Gasteiger partial charge in [0.25, 0.3) is 0 Å². The number of piperidine rings is 1. The van der Waals surface area contributed by atoms with Crippen molar-refractivity contribution in [3.8, 4) is 6.07 Å². The van der Waals surface area contributed by atoms with Crippen molar-refractivity contribution >= 4 is 21.6 Å². The van der Waals surface area contributed by atoms with Gasteiger partial charge < -0.3 is 14.9 Å². The second kappa shape index (κ2) is 7.41. The molecule has 1 amide bonds. The minimum absolute atomic E-state index is 0.0262. The van der Waals surface area contributed by atoms with Gasteiger partial charge >= 0.3 is 6.09 Å². The van der Waals surface area contributed by atoms with E-state index in [0.29, 0.717) is 13.1 Å². The Morgan fingerprint density at radius 2 is 1.83 bits per heavy atom. The third kappa shape index (κ3) is 3.42. The van der Waals surface area contributed by atoms with E-state index in [1.54, 1.807) is 24.3 Å². The molecule has 1 fully saturated rings. The van der Waals surface area contributed by atoms with E-state index in [-0.39, 0.29) is 21.4 Å². The van der Waals surface area contributed by atoms with Gasteiger partial charge in [0.05, 0.1) is 15.4 Å². The van der Waals surface area contributed by atoms with Gasteiger partial charge in [-0.1, -0.05) is 12.1 Å². The second-order valence-corrected chi connectivity index (χ2v) is 9.26. The fourth-order valence-corrected chi connectivity index (χ4v) is 5.70. The molecule has 4 rings (SSSR count). The van der Waals surface area contributed by atoms with Crippen molar-refractivity contribution in [3.63, 3.8) is 0 Å². The Bertz CT molecular complexity index is 1100. The zero-order valence-electron chi connectivity index (χ0n) is 15.8. The number of nitriles is 1. The lowest BCUT2D eigenvalue weighted by Crippen LogP contribution is -2.46. The Labute approximate surface area is 169 Å². The van der Waals surface area contributed by atoms with Crippen molar-refractivity contribution in [1.82, 2.24) is 4.90 Å². The van der Waals surface area contributed by atoms with Crippen molar-refractivity contribution < 1.29 is 18.3 Å². The molecule has 1 N–H and O–H groups in total. The highest BCUT2D eigenvalue weighted by Gasteiger charge is 2.31. The van der Waals surface area contributed by atoms with Crippen molar-refractivity contribution in [3.05, 3.63) is 53.6 Å². The van der Waals surface area contributed by atoms with Gasteiger partial charge in [0.1, 0.15) is 6.07 Å². The molecule has 0 atom stereocenters. The number of benzene rings is 2. The molecule has 0 unspecified atom stereocenters. The molecule has 2 aliphatic rings. The van der Waals surface area contributed by atoms with Crippen LogP contribution in [0.1, 0.15) is 24.0 Å². The Kier molecular flexibility index (Phi) is 4.92. The van der Waals surface area contributed by atoms with Crippen molar-refractivity contribution in [1.29, 1.82) is 5.26 Å². The lowest BCUT2D eigenvalue weighted by Gasteiger charge is -2.37. The number of likely N-dealkylation sites (tertiary alicyclic amines) is 1. The summed E-state index contributed by atoms with van der Waals surface area (Å²) < 4.78 is 26.1. The molecule has 29 heavy (non-hydrogen) atoms. The smallest absolute Gasteiger partial charge is 0.407 e. The fraction of sp³-hybridized carbons (Fsp3) is 0.333. The van der Waals surface area contributed by atoms with Crippen LogP contribution in [0.2, 0.25) is 0 Å². The van der Waals surface area contributed by atoms with Crippen molar-refractivity contribution in [2.45, 2.75) is 35.1 Å². The summed E-state index contributed by atoms with van der Waals surface area (Å²) >= 11 is 0. The average Bonchev–Trinajstić information content (AvgIpc) is 3.17. The van der Waals surface area contributed by atoms with E-state index < -0.39 is 15.9 Å². The molecule has 0 saturated carbocycles. The normalized spacial score (nSPS) is 17.1. The van der Waals surface area contributed by atoms with Gasteiger partial charge in [-0.25, -0.2) is 13.2 Å². The van der Waals surface area contributed by atoms with Crippen LogP contribution in [-0.2, 0) is 16.3 Å². The van der Waals surface area contributed by atoms with Crippen LogP contribution in [0, 0.1) is 11.3 Å². The van der Waals surface area contributed by atoms with Crippen LogP contribution in [0.3, 0.4) is 0 Å². The largest absolute Gasteiger partial charge is 0.465 e. The quantitative estimate of drug-likeness (QED) is 0.833. The van der Waals surface area contributed by atoms with E-state index in [0.717, 1.165) is 37.1 Å². The van der Waals surface area contributed by atoms with E-state index in [9.17, 15) is 18.5 Å². The second-order valence-electron chi connectivity index (χ2n) is 7.35. The molecule has 0 spiro atoms. The number of hydrogen-bond donors (Lipinski definition) is 1. The number of nitrogens with zero attached hydrogens (tertiary/aromatic N) is 3. The lowest BCUT2D eigenvalue weighted by atomic mass is 10.0. The van der Waals surface area contributed by atoms with Gasteiger partial charge in [-0.05, 0) is 55.2 Å². The first-order valence-electron chi connectivity index (χ1n) is 9.53. The van der Waals surface area contributed by atoms with Crippen LogP contribution in [0.5, 0.6) is 0 Å². The Hall–Kier alpha value is -3.05. The van der Waals surface area contributed by atoms with E-state index in [1.807, 2.05) is 12.1 Å². The summed E-state index contributed by atoms with van der Waals surface area (Å²) in [6.45, 7) is 1.83. The third-order valence-corrected chi connectivity index (χ3v) is 7.58. The minimum atomic E-state index is -3.78. The Morgan fingerprint density at radius 3 is 2.52 bits per heavy atom. The zero-order chi connectivity index (χ0) is 20.6. The van der Waals surface area contributed by atoms with E-state index in [1.165, 1.54) is 17.0 Å². The summed E-state index contributed by atoms with van der Waals surface area (Å²) in [6.07, 6.45) is 1.40. The lowest BCUT2D eigenvalue weighted by molar-refractivity contribution is 0.131. The van der Waals surface area contributed by atoms with Crippen LogP contribution < -0.4 is 4.90 Å². The fourth-order valence-electron chi connectivity index (χ4n) is 4.24. The molecule has 2 aromatic carbocycles. The molecule has 0 radical (unpaired) electrons. The molecule has 0 aliphatic carbocycles. The molecular weight excluding hydrogens is 390 g/mol. The first kappa shape index (κ1) is 19.3. The molecule has 150 valence electrons. The molecule has 8 heteroatoms. The summed E-state index contributed by atoms with van der Waals surface area (Å²) in [5.41, 5.74) is 2.13. The van der Waals surface area contributed by atoms with E-state index in [2.05, 4.69) is 4.90 Å². The minimum Gasteiger partial charge on any atom is -0.465 e. The molecule has 2 aliphatic heterocycles. The van der Waals surface area contributed by atoms with Crippen LogP contribution in [0.25, 0.3) is 0 Å². The highest BCUT2D eigenvalue weighted by Crippen LogP contribution is 2.35. The van der Waals surface area contributed by atoms with Gasteiger partial charge in [-0.2, -0.15) is 5.26 Å². The maximum Gasteiger partial charge on any atom is 0.407 e. The monoisotopic (exact) mass is 411 g/mol. The highest BCUT2D eigenvalue weighted by molar-refractivity contribution is 7.91. The number of fused-ring (bicyclic) bond motifs is 1. The Balaban J connectivity index is 1.59. The summed E-state index contributed by atoms with van der Waals surface area (Å²) in [6, 6.07) is 13.6. The number of rotatable bonds is 3. The van der Waals surface area contributed by atoms with Gasteiger partial charge in [-0.15, -0.1) is 0 Å². The average molecular weight is 411 g/mol. The zero-order valence-corrected chi connectivity index (χ0v) is 16.6. The maximum absolute atomic E-state index is 13.1. The number of carboxylic acid groups (broad SMARTS) is 1. The van der Waals surface area contributed by atoms with E-state index in [4.69, 9.17) is 5.11 Å². The molecule has 0 bridgehead atoms. The first-order chi connectivity index (χ1) is 13.9. The predicted molar refractivity (Wildman–Crippen MR) is 107 cm³/mol. The van der Waals surface area contributed by atoms with Gasteiger partial charge in [0.15, 0.2) is 0 Å². The first-order valence-corrected chi connectivity index (χ1v) is 11.0. The topological polar surface area (TPSA) is 102 Å². The summed E-state index contributed by atoms with van der Waals surface area (Å²) in [4.78, 5) is 15.0. The van der Waals surface area contributed by atoms with E-state index >= 15 is 0 Å². The van der Waals surface area contributed by atoms with Crippen LogP contribution in [-0.4, -0.2) is 50.2 Å². The molecule has 1 saturated heterocycles. The van der Waals surface area contributed by atoms with Crippen LogP contribution in [0.15, 0.2) is 52.3 Å². The van der Waals surface area contributed by atoms with Crippen LogP contribution in [0.4, 0.5) is 10.5 Å². The number of hydrogen-bond acceptors (Lipinski definition) is 5. The number of amides is 1. The summed E-state index contributed by atoms with van der Waals surface area (Å²) in [7, 11) is -3.78. The number of sulfone groups is 1. The van der Waals surface area contributed by atoms with Crippen molar-refractivity contribution in [2.24, 2.45) is 0 Å². The third-order valence-electron chi connectivity index (χ3n) is 5.77. The van der Waals surface area contributed by atoms with Gasteiger partial charge in [-0.3, -0.25) is 0 Å². The molecule has 7 nitrogen and oxygen atoms in total. The number of carbonyl (C=O) groups is 1. The summed E-state index contributed by atoms with van der Waals surface area (Å²) in [5, 5.41) is 18.4. The maximum atomic E-state index is 13.1. The molecule has 2 aromatic rings.